The van der Waals surface area contributed by atoms with E-state index in [2.05, 4.69) is 41.7 Å². The van der Waals surface area contributed by atoms with Crippen LogP contribution in [0.1, 0.15) is 50.8 Å². The van der Waals surface area contributed by atoms with Crippen LogP contribution in [0, 0.1) is 0 Å². The summed E-state index contributed by atoms with van der Waals surface area (Å²) >= 11 is 1.86. The van der Waals surface area contributed by atoms with Crippen LogP contribution in [-0.2, 0) is 5.41 Å². The first-order valence-corrected chi connectivity index (χ1v) is 8.11. The molecule has 19 heavy (non-hydrogen) atoms. The molecule has 1 aromatic rings. The van der Waals surface area contributed by atoms with E-state index < -0.39 is 0 Å². The highest BCUT2D eigenvalue weighted by Gasteiger charge is 2.34. The topological polar surface area (TPSA) is 50.4 Å². The lowest BCUT2D eigenvalue weighted by molar-refractivity contribution is 0.306. The molecule has 0 atom stereocenters. The van der Waals surface area contributed by atoms with Gasteiger partial charge in [-0.05, 0) is 38.1 Å². The molecule has 1 fully saturated rings. The van der Waals surface area contributed by atoms with E-state index >= 15 is 0 Å². The average molecular weight is 279 g/mol. The molecule has 0 spiro atoms. The summed E-state index contributed by atoms with van der Waals surface area (Å²) in [5.74, 6) is 0.580. The predicted molar refractivity (Wildman–Crippen MR) is 83.8 cm³/mol. The third-order valence-electron chi connectivity index (χ3n) is 3.84. The molecule has 0 amide bonds. The number of hydrogen-bond acceptors (Lipinski definition) is 2. The number of rotatable bonds is 4. The summed E-state index contributed by atoms with van der Waals surface area (Å²) in [7, 11) is 0. The molecule has 3 N–H and O–H groups in total. The van der Waals surface area contributed by atoms with E-state index in [-0.39, 0.29) is 5.41 Å². The number of nitrogens with zero attached hydrogens (tertiary/aromatic N) is 1. The molecule has 0 radical (unpaired) electrons. The largest absolute Gasteiger partial charge is 0.370 e. The lowest BCUT2D eigenvalue weighted by Crippen LogP contribution is -2.39. The van der Waals surface area contributed by atoms with E-state index in [0.29, 0.717) is 12.0 Å². The van der Waals surface area contributed by atoms with E-state index in [4.69, 9.17) is 5.73 Å². The normalized spacial score (nSPS) is 19.6. The summed E-state index contributed by atoms with van der Waals surface area (Å²) in [4.78, 5) is 6.09. The van der Waals surface area contributed by atoms with Crippen molar-refractivity contribution in [3.05, 3.63) is 22.4 Å². The fourth-order valence-corrected chi connectivity index (χ4v) is 3.85. The highest BCUT2D eigenvalue weighted by atomic mass is 32.1. The zero-order chi connectivity index (χ0) is 13.7. The van der Waals surface area contributed by atoms with Crippen LogP contribution < -0.4 is 11.1 Å². The summed E-state index contributed by atoms with van der Waals surface area (Å²) in [6, 6.07) is 4.75. The van der Waals surface area contributed by atoms with Gasteiger partial charge in [0.15, 0.2) is 5.96 Å². The molecule has 1 saturated carbocycles. The monoisotopic (exact) mass is 279 g/mol. The third-order valence-corrected chi connectivity index (χ3v) is 4.96. The summed E-state index contributed by atoms with van der Waals surface area (Å²) in [5, 5.41) is 5.35. The minimum Gasteiger partial charge on any atom is -0.370 e. The van der Waals surface area contributed by atoms with Gasteiger partial charge >= 0.3 is 0 Å². The predicted octanol–water partition coefficient (Wildman–Crippen LogP) is 3.26. The molecule has 2 rings (SSSR count). The van der Waals surface area contributed by atoms with Gasteiger partial charge in [-0.2, -0.15) is 0 Å². The van der Waals surface area contributed by atoms with Crippen LogP contribution in [0.4, 0.5) is 0 Å². The first-order chi connectivity index (χ1) is 9.12. The lowest BCUT2D eigenvalue weighted by atomic mass is 9.73. The number of aliphatic imine (C=N–C) groups is 1. The first-order valence-electron chi connectivity index (χ1n) is 7.23. The Labute approximate surface area is 120 Å². The van der Waals surface area contributed by atoms with Crippen molar-refractivity contribution in [3.63, 3.8) is 0 Å². The molecule has 1 aliphatic rings. The van der Waals surface area contributed by atoms with Crippen LogP contribution in [0.3, 0.4) is 0 Å². The van der Waals surface area contributed by atoms with Gasteiger partial charge in [-0.15, -0.1) is 11.3 Å². The van der Waals surface area contributed by atoms with Gasteiger partial charge in [-0.3, -0.25) is 4.99 Å². The molecule has 1 aromatic heterocycles. The van der Waals surface area contributed by atoms with Crippen LogP contribution in [0.15, 0.2) is 22.5 Å². The van der Waals surface area contributed by atoms with Crippen molar-refractivity contribution in [1.82, 2.24) is 5.32 Å². The van der Waals surface area contributed by atoms with Crippen LogP contribution in [0.2, 0.25) is 0 Å². The Morgan fingerprint density at radius 1 is 1.42 bits per heavy atom. The molecular weight excluding hydrogens is 254 g/mol. The van der Waals surface area contributed by atoms with Gasteiger partial charge in [0.2, 0.25) is 0 Å². The Morgan fingerprint density at radius 2 is 2.16 bits per heavy atom. The van der Waals surface area contributed by atoms with Crippen molar-refractivity contribution >= 4 is 17.3 Å². The van der Waals surface area contributed by atoms with E-state index in [0.717, 1.165) is 6.54 Å². The van der Waals surface area contributed by atoms with Crippen molar-refractivity contribution in [2.75, 3.05) is 6.54 Å². The molecule has 1 aliphatic carbocycles. The number of guanidine groups is 1. The number of thiophene rings is 1. The minimum absolute atomic E-state index is 0.232. The Hall–Kier alpha value is -1.03. The molecule has 0 saturated heterocycles. The molecule has 0 bridgehead atoms. The van der Waals surface area contributed by atoms with Gasteiger partial charge in [-0.25, -0.2) is 0 Å². The maximum Gasteiger partial charge on any atom is 0.188 e. The lowest BCUT2D eigenvalue weighted by Gasteiger charge is -2.35. The molecule has 1 heterocycles. The summed E-state index contributed by atoms with van der Waals surface area (Å²) < 4.78 is 0. The van der Waals surface area contributed by atoms with Gasteiger partial charge in [0.25, 0.3) is 0 Å². The van der Waals surface area contributed by atoms with Crippen molar-refractivity contribution in [2.45, 2.75) is 57.4 Å². The van der Waals surface area contributed by atoms with Crippen molar-refractivity contribution in [1.29, 1.82) is 0 Å². The molecule has 0 aromatic carbocycles. The molecular formula is C15H25N3S. The number of nitrogens with two attached hydrogens (primary N) is 1. The zero-order valence-corrected chi connectivity index (χ0v) is 12.8. The molecule has 106 valence electrons. The smallest absolute Gasteiger partial charge is 0.188 e. The van der Waals surface area contributed by atoms with Gasteiger partial charge in [-0.1, -0.05) is 25.3 Å². The van der Waals surface area contributed by atoms with E-state index in [1.165, 1.54) is 37.0 Å². The molecule has 3 nitrogen and oxygen atoms in total. The Morgan fingerprint density at radius 3 is 2.74 bits per heavy atom. The standard InChI is InChI=1S/C15H25N3S/c1-12(2)18-14(16)17-11-15(8-4-3-5-9-15)13-7-6-10-19-13/h6-7,10,12H,3-5,8-9,11H2,1-2H3,(H3,16,17,18). The summed E-state index contributed by atoms with van der Waals surface area (Å²) in [5.41, 5.74) is 6.18. The van der Waals surface area contributed by atoms with Gasteiger partial charge in [0.05, 0.1) is 6.54 Å². The van der Waals surface area contributed by atoms with Crippen LogP contribution in [0.5, 0.6) is 0 Å². The van der Waals surface area contributed by atoms with Crippen molar-refractivity contribution < 1.29 is 0 Å². The second-order valence-electron chi connectivity index (χ2n) is 5.82. The fraction of sp³-hybridized carbons (Fsp3) is 0.667. The van der Waals surface area contributed by atoms with Crippen LogP contribution in [0.25, 0.3) is 0 Å². The minimum atomic E-state index is 0.232. The molecule has 4 heteroatoms. The van der Waals surface area contributed by atoms with Gasteiger partial charge in [0.1, 0.15) is 0 Å². The van der Waals surface area contributed by atoms with E-state index in [9.17, 15) is 0 Å². The molecule has 0 unspecified atom stereocenters. The third kappa shape index (κ3) is 3.72. The van der Waals surface area contributed by atoms with E-state index in [1.807, 2.05) is 11.3 Å². The maximum atomic E-state index is 5.95. The summed E-state index contributed by atoms with van der Waals surface area (Å²) in [6.07, 6.45) is 6.46. The maximum absolute atomic E-state index is 5.95. The SMILES string of the molecule is CC(C)NC(N)=NCC1(c2cccs2)CCCCC1. The summed E-state index contributed by atoms with van der Waals surface area (Å²) in [6.45, 7) is 4.98. The Bertz CT molecular complexity index is 403. The molecule has 0 aliphatic heterocycles. The number of hydrogen-bond donors (Lipinski definition) is 2. The second-order valence-corrected chi connectivity index (χ2v) is 6.77. The highest BCUT2D eigenvalue weighted by molar-refractivity contribution is 7.10. The Kier molecular flexibility index (Phi) is 4.86. The van der Waals surface area contributed by atoms with Crippen molar-refractivity contribution in [2.24, 2.45) is 10.7 Å². The van der Waals surface area contributed by atoms with Crippen LogP contribution >= 0.6 is 11.3 Å². The zero-order valence-electron chi connectivity index (χ0n) is 12.0. The van der Waals surface area contributed by atoms with Crippen LogP contribution in [-0.4, -0.2) is 18.5 Å². The second kappa shape index (κ2) is 6.42. The quantitative estimate of drug-likeness (QED) is 0.656. The number of nitrogens with one attached hydrogen (secondary N) is 1. The highest BCUT2D eigenvalue weighted by Crippen LogP contribution is 2.41. The van der Waals surface area contributed by atoms with Gasteiger partial charge in [0, 0.05) is 16.3 Å². The fourth-order valence-electron chi connectivity index (χ4n) is 2.87. The first kappa shape index (κ1) is 14.4. The van der Waals surface area contributed by atoms with Gasteiger partial charge < -0.3 is 11.1 Å². The van der Waals surface area contributed by atoms with Crippen molar-refractivity contribution in [3.8, 4) is 0 Å². The average Bonchev–Trinajstić information content (AvgIpc) is 2.91. The Balaban J connectivity index is 2.11. The van der Waals surface area contributed by atoms with E-state index in [1.54, 1.807) is 0 Å².